The molecule has 152 valence electrons. The SMILES string of the molecule is CCNC(=NCC(C)(O)CN1CCOCC1)NC1CC1c1ccccc1.I. The number of halogens is 1. The average molecular weight is 488 g/mol. The van der Waals surface area contributed by atoms with E-state index in [0.29, 0.717) is 25.0 Å². The predicted octanol–water partition coefficient (Wildman–Crippen LogP) is 1.80. The molecule has 1 saturated carbocycles. The van der Waals surface area contributed by atoms with Gasteiger partial charge in [-0.2, -0.15) is 0 Å². The molecule has 3 rings (SSSR count). The van der Waals surface area contributed by atoms with Gasteiger partial charge in [0.1, 0.15) is 0 Å². The Balaban J connectivity index is 0.00000261. The Morgan fingerprint density at radius 1 is 1.30 bits per heavy atom. The standard InChI is InChI=1S/C20H32N4O2.HI/c1-3-21-19(23-18-13-17(18)16-7-5-4-6-8-16)22-14-20(2,25)15-24-9-11-26-12-10-24;/h4-8,17-18,25H,3,9-15H2,1-2H3,(H2,21,22,23);1H. The van der Waals surface area contributed by atoms with E-state index < -0.39 is 5.60 Å². The number of morpholine rings is 1. The second-order valence-corrected chi connectivity index (χ2v) is 7.58. The van der Waals surface area contributed by atoms with Crippen LogP contribution in [0.15, 0.2) is 35.3 Å². The second-order valence-electron chi connectivity index (χ2n) is 7.58. The van der Waals surface area contributed by atoms with Crippen LogP contribution in [0.5, 0.6) is 0 Å². The van der Waals surface area contributed by atoms with Crippen LogP contribution in [0.3, 0.4) is 0 Å². The highest BCUT2D eigenvalue weighted by Crippen LogP contribution is 2.40. The molecule has 0 spiro atoms. The van der Waals surface area contributed by atoms with Gasteiger partial charge in [0, 0.05) is 38.1 Å². The van der Waals surface area contributed by atoms with Gasteiger partial charge >= 0.3 is 0 Å². The summed E-state index contributed by atoms with van der Waals surface area (Å²) in [5.41, 5.74) is 0.530. The quantitative estimate of drug-likeness (QED) is 0.310. The third-order valence-corrected chi connectivity index (χ3v) is 4.93. The van der Waals surface area contributed by atoms with Gasteiger partial charge in [-0.15, -0.1) is 24.0 Å². The van der Waals surface area contributed by atoms with Crippen molar-refractivity contribution >= 4 is 29.9 Å². The fourth-order valence-corrected chi connectivity index (χ4v) is 3.46. The predicted molar refractivity (Wildman–Crippen MR) is 120 cm³/mol. The van der Waals surface area contributed by atoms with Crippen LogP contribution < -0.4 is 10.6 Å². The van der Waals surface area contributed by atoms with E-state index in [4.69, 9.17) is 4.74 Å². The summed E-state index contributed by atoms with van der Waals surface area (Å²) < 4.78 is 5.37. The van der Waals surface area contributed by atoms with E-state index >= 15 is 0 Å². The molecule has 3 unspecified atom stereocenters. The van der Waals surface area contributed by atoms with E-state index in [1.165, 1.54) is 5.56 Å². The minimum Gasteiger partial charge on any atom is -0.387 e. The van der Waals surface area contributed by atoms with Gasteiger partial charge in [-0.3, -0.25) is 9.89 Å². The molecule has 2 fully saturated rings. The summed E-state index contributed by atoms with van der Waals surface area (Å²) >= 11 is 0. The van der Waals surface area contributed by atoms with Gasteiger partial charge in [0.15, 0.2) is 5.96 Å². The number of nitrogens with zero attached hydrogens (tertiary/aromatic N) is 2. The van der Waals surface area contributed by atoms with Crippen molar-refractivity contribution in [3.05, 3.63) is 35.9 Å². The largest absolute Gasteiger partial charge is 0.387 e. The van der Waals surface area contributed by atoms with Gasteiger partial charge in [0.05, 0.1) is 25.4 Å². The molecule has 3 atom stereocenters. The monoisotopic (exact) mass is 488 g/mol. The molecule has 27 heavy (non-hydrogen) atoms. The third kappa shape index (κ3) is 7.21. The number of aliphatic hydroxyl groups is 1. The molecule has 1 aliphatic heterocycles. The summed E-state index contributed by atoms with van der Waals surface area (Å²) in [6, 6.07) is 11.0. The van der Waals surface area contributed by atoms with E-state index in [1.54, 1.807) is 0 Å². The molecule has 7 heteroatoms. The lowest BCUT2D eigenvalue weighted by molar-refractivity contribution is -0.0180. The van der Waals surface area contributed by atoms with Crippen LogP contribution in [0.4, 0.5) is 0 Å². The number of hydrogen-bond acceptors (Lipinski definition) is 4. The van der Waals surface area contributed by atoms with Crippen LogP contribution in [0.2, 0.25) is 0 Å². The Hall–Kier alpha value is -0.900. The molecule has 1 heterocycles. The average Bonchev–Trinajstić information content (AvgIpc) is 3.40. The van der Waals surface area contributed by atoms with E-state index in [0.717, 1.165) is 45.2 Å². The van der Waals surface area contributed by atoms with Gasteiger partial charge in [-0.25, -0.2) is 0 Å². The van der Waals surface area contributed by atoms with E-state index in [2.05, 4.69) is 57.8 Å². The summed E-state index contributed by atoms with van der Waals surface area (Å²) in [4.78, 5) is 6.89. The second kappa shape index (κ2) is 10.6. The van der Waals surface area contributed by atoms with Crippen LogP contribution in [0, 0.1) is 0 Å². The summed E-state index contributed by atoms with van der Waals surface area (Å²) in [7, 11) is 0. The first-order chi connectivity index (χ1) is 12.6. The van der Waals surface area contributed by atoms with Crippen molar-refractivity contribution < 1.29 is 9.84 Å². The lowest BCUT2D eigenvalue weighted by Crippen LogP contribution is -2.48. The third-order valence-electron chi connectivity index (χ3n) is 4.93. The maximum Gasteiger partial charge on any atom is 0.191 e. The van der Waals surface area contributed by atoms with Crippen molar-refractivity contribution in [1.29, 1.82) is 0 Å². The molecule has 6 nitrogen and oxygen atoms in total. The Morgan fingerprint density at radius 3 is 2.67 bits per heavy atom. The first kappa shape index (κ1) is 22.4. The van der Waals surface area contributed by atoms with Crippen molar-refractivity contribution in [2.24, 2.45) is 4.99 Å². The fraction of sp³-hybridized carbons (Fsp3) is 0.650. The molecule has 0 amide bonds. The molecule has 1 aliphatic carbocycles. The first-order valence-electron chi connectivity index (χ1n) is 9.70. The lowest BCUT2D eigenvalue weighted by Gasteiger charge is -2.33. The summed E-state index contributed by atoms with van der Waals surface area (Å²) in [6.07, 6.45) is 1.12. The molecular formula is C20H33IN4O2. The Kier molecular flexibility index (Phi) is 8.78. The topological polar surface area (TPSA) is 69.1 Å². The number of hydrogen-bond donors (Lipinski definition) is 3. The smallest absolute Gasteiger partial charge is 0.191 e. The molecule has 0 bridgehead atoms. The van der Waals surface area contributed by atoms with E-state index in [9.17, 15) is 5.11 Å². The minimum atomic E-state index is -0.845. The zero-order valence-electron chi connectivity index (χ0n) is 16.4. The van der Waals surface area contributed by atoms with E-state index in [-0.39, 0.29) is 24.0 Å². The van der Waals surface area contributed by atoms with E-state index in [1.807, 2.05) is 6.92 Å². The highest BCUT2D eigenvalue weighted by Gasteiger charge is 2.39. The number of aliphatic imine (C=N–C) groups is 1. The Labute approximate surface area is 179 Å². The van der Waals surface area contributed by atoms with Crippen molar-refractivity contribution in [1.82, 2.24) is 15.5 Å². The zero-order valence-corrected chi connectivity index (χ0v) is 18.7. The summed E-state index contributed by atoms with van der Waals surface area (Å²) in [6.45, 7) is 8.96. The molecule has 3 N–H and O–H groups in total. The van der Waals surface area contributed by atoms with Gasteiger partial charge in [-0.05, 0) is 25.8 Å². The lowest BCUT2D eigenvalue weighted by atomic mass is 10.1. The molecule has 1 saturated heterocycles. The molecular weight excluding hydrogens is 455 g/mol. The highest BCUT2D eigenvalue weighted by molar-refractivity contribution is 14.0. The van der Waals surface area contributed by atoms with Gasteiger partial charge in [-0.1, -0.05) is 30.3 Å². The highest BCUT2D eigenvalue weighted by atomic mass is 127. The van der Waals surface area contributed by atoms with Gasteiger partial charge < -0.3 is 20.5 Å². The Bertz CT molecular complexity index is 591. The number of β-amino-alcohol motifs (C(OH)–C–C–N with tert-alkyl or cyclic N) is 1. The van der Waals surface area contributed by atoms with Crippen molar-refractivity contribution in [3.63, 3.8) is 0 Å². The van der Waals surface area contributed by atoms with Crippen LogP contribution in [-0.4, -0.2) is 73.5 Å². The van der Waals surface area contributed by atoms with Crippen molar-refractivity contribution in [3.8, 4) is 0 Å². The minimum absolute atomic E-state index is 0. The van der Waals surface area contributed by atoms with Crippen LogP contribution in [-0.2, 0) is 4.74 Å². The van der Waals surface area contributed by atoms with Crippen molar-refractivity contribution in [2.75, 3.05) is 45.9 Å². The Morgan fingerprint density at radius 2 is 2.00 bits per heavy atom. The van der Waals surface area contributed by atoms with Crippen LogP contribution in [0.1, 0.15) is 31.7 Å². The van der Waals surface area contributed by atoms with Crippen molar-refractivity contribution in [2.45, 2.75) is 37.8 Å². The maximum atomic E-state index is 10.7. The number of benzene rings is 1. The number of nitrogens with one attached hydrogen (secondary N) is 2. The molecule has 0 aromatic heterocycles. The fourth-order valence-electron chi connectivity index (χ4n) is 3.46. The van der Waals surface area contributed by atoms with Crippen LogP contribution in [0.25, 0.3) is 0 Å². The molecule has 2 aliphatic rings. The number of guanidine groups is 1. The normalized spacial score (nSPS) is 25.2. The summed E-state index contributed by atoms with van der Waals surface area (Å²) in [5.74, 6) is 1.34. The van der Waals surface area contributed by atoms with Gasteiger partial charge in [0.25, 0.3) is 0 Å². The number of rotatable bonds is 7. The summed E-state index contributed by atoms with van der Waals surface area (Å²) in [5, 5.41) is 17.5. The van der Waals surface area contributed by atoms with Crippen LogP contribution >= 0.6 is 24.0 Å². The molecule has 0 radical (unpaired) electrons. The maximum absolute atomic E-state index is 10.7. The molecule has 1 aromatic rings. The first-order valence-corrected chi connectivity index (χ1v) is 9.70. The number of ether oxygens (including phenoxy) is 1. The molecule has 1 aromatic carbocycles. The zero-order chi connectivity index (χ0) is 18.4. The van der Waals surface area contributed by atoms with Gasteiger partial charge in [0.2, 0.25) is 0 Å².